The van der Waals surface area contributed by atoms with E-state index >= 15 is 0 Å². The molecule has 0 saturated carbocycles. The van der Waals surface area contributed by atoms with Crippen molar-refractivity contribution >= 4 is 11.8 Å². The maximum absolute atomic E-state index is 12.2. The van der Waals surface area contributed by atoms with Crippen LogP contribution in [0.3, 0.4) is 0 Å². The van der Waals surface area contributed by atoms with Gasteiger partial charge in [-0.3, -0.25) is 14.5 Å². The van der Waals surface area contributed by atoms with Gasteiger partial charge >= 0.3 is 0 Å². The number of hydrogen-bond donors (Lipinski definition) is 1. The standard InChI is InChI=1S/C21H32N4O2/c1-18(19-7-3-2-4-8-19)22-20(26)9-12-23-13-15-24(16-14-23)17-21(27)25-10-5-6-11-25/h2-4,7-8,18H,5-6,9-17H2,1H3,(H,22,26)/t18-/m0/s1. The summed E-state index contributed by atoms with van der Waals surface area (Å²) in [6, 6.07) is 10.1. The van der Waals surface area contributed by atoms with Crippen LogP contribution in [0.25, 0.3) is 0 Å². The van der Waals surface area contributed by atoms with Crippen LogP contribution < -0.4 is 5.32 Å². The molecule has 6 nitrogen and oxygen atoms in total. The van der Waals surface area contributed by atoms with E-state index < -0.39 is 0 Å². The number of carbonyl (C=O) groups excluding carboxylic acids is 2. The lowest BCUT2D eigenvalue weighted by atomic mass is 10.1. The zero-order valence-electron chi connectivity index (χ0n) is 16.4. The summed E-state index contributed by atoms with van der Waals surface area (Å²) in [6.07, 6.45) is 2.80. The van der Waals surface area contributed by atoms with E-state index in [0.717, 1.165) is 64.2 Å². The van der Waals surface area contributed by atoms with Crippen LogP contribution in [0, 0.1) is 0 Å². The van der Waals surface area contributed by atoms with Crippen LogP contribution >= 0.6 is 0 Å². The summed E-state index contributed by atoms with van der Waals surface area (Å²) in [5.41, 5.74) is 1.13. The molecule has 27 heavy (non-hydrogen) atoms. The highest BCUT2D eigenvalue weighted by molar-refractivity contribution is 5.78. The third-order valence-corrected chi connectivity index (χ3v) is 5.61. The summed E-state index contributed by atoms with van der Waals surface area (Å²) < 4.78 is 0. The highest BCUT2D eigenvalue weighted by atomic mass is 16.2. The molecule has 0 aliphatic carbocycles. The van der Waals surface area contributed by atoms with Crippen LogP contribution in [0.4, 0.5) is 0 Å². The second-order valence-electron chi connectivity index (χ2n) is 7.66. The molecule has 2 saturated heterocycles. The molecular formula is C21H32N4O2. The minimum atomic E-state index is 0.0344. The van der Waals surface area contributed by atoms with Crippen molar-refractivity contribution in [2.45, 2.75) is 32.2 Å². The summed E-state index contributed by atoms with van der Waals surface area (Å²) in [6.45, 7) is 8.85. The number of likely N-dealkylation sites (tertiary alicyclic amines) is 1. The monoisotopic (exact) mass is 372 g/mol. The predicted octanol–water partition coefficient (Wildman–Crippen LogP) is 1.49. The first-order valence-electron chi connectivity index (χ1n) is 10.2. The third kappa shape index (κ3) is 6.04. The average molecular weight is 373 g/mol. The van der Waals surface area contributed by atoms with Gasteiger partial charge in [0.2, 0.25) is 11.8 Å². The molecule has 3 rings (SSSR count). The number of rotatable bonds is 7. The topological polar surface area (TPSA) is 55.9 Å². The predicted molar refractivity (Wildman–Crippen MR) is 106 cm³/mol. The van der Waals surface area contributed by atoms with Gasteiger partial charge in [-0.15, -0.1) is 0 Å². The average Bonchev–Trinajstić information content (AvgIpc) is 3.23. The van der Waals surface area contributed by atoms with E-state index in [1.807, 2.05) is 42.2 Å². The van der Waals surface area contributed by atoms with Crippen LogP contribution in [0.1, 0.15) is 37.8 Å². The Labute approximate surface area is 162 Å². The molecule has 0 radical (unpaired) electrons. The number of amides is 2. The fraction of sp³-hybridized carbons (Fsp3) is 0.619. The molecule has 1 N–H and O–H groups in total. The first-order chi connectivity index (χ1) is 13.1. The van der Waals surface area contributed by atoms with Crippen molar-refractivity contribution in [3.8, 4) is 0 Å². The van der Waals surface area contributed by atoms with Crippen molar-refractivity contribution in [2.75, 3.05) is 52.4 Å². The zero-order chi connectivity index (χ0) is 19.1. The summed E-state index contributed by atoms with van der Waals surface area (Å²) >= 11 is 0. The summed E-state index contributed by atoms with van der Waals surface area (Å²) in [5, 5.41) is 3.08. The summed E-state index contributed by atoms with van der Waals surface area (Å²) in [5.74, 6) is 0.369. The van der Waals surface area contributed by atoms with Gasteiger partial charge in [0.25, 0.3) is 0 Å². The number of hydrogen-bond acceptors (Lipinski definition) is 4. The lowest BCUT2D eigenvalue weighted by Crippen LogP contribution is -2.50. The second kappa shape index (κ2) is 9.85. The Morgan fingerprint density at radius 1 is 0.963 bits per heavy atom. The van der Waals surface area contributed by atoms with Gasteiger partial charge in [-0.1, -0.05) is 30.3 Å². The van der Waals surface area contributed by atoms with Gasteiger partial charge < -0.3 is 15.1 Å². The lowest BCUT2D eigenvalue weighted by Gasteiger charge is -2.34. The summed E-state index contributed by atoms with van der Waals surface area (Å²) in [7, 11) is 0. The molecule has 0 aromatic heterocycles. The molecule has 0 spiro atoms. The SMILES string of the molecule is C[C@H](NC(=O)CCN1CCN(CC(=O)N2CCCC2)CC1)c1ccccc1. The first kappa shape index (κ1) is 19.8. The Morgan fingerprint density at radius 3 is 2.26 bits per heavy atom. The van der Waals surface area contributed by atoms with E-state index in [1.165, 1.54) is 0 Å². The van der Waals surface area contributed by atoms with E-state index in [1.54, 1.807) is 0 Å². The molecule has 148 valence electrons. The van der Waals surface area contributed by atoms with Crippen molar-refractivity contribution in [3.05, 3.63) is 35.9 Å². The Kier molecular flexibility index (Phi) is 7.24. The fourth-order valence-electron chi connectivity index (χ4n) is 3.83. The van der Waals surface area contributed by atoms with Crippen LogP contribution in [-0.4, -0.2) is 78.9 Å². The van der Waals surface area contributed by atoms with Gasteiger partial charge in [0, 0.05) is 52.2 Å². The normalized spacial score (nSPS) is 19.8. The minimum Gasteiger partial charge on any atom is -0.350 e. The molecule has 0 unspecified atom stereocenters. The smallest absolute Gasteiger partial charge is 0.236 e. The molecule has 1 atom stereocenters. The van der Waals surface area contributed by atoms with Crippen LogP contribution in [0.2, 0.25) is 0 Å². The molecule has 2 aliphatic heterocycles. The minimum absolute atomic E-state index is 0.0344. The number of nitrogens with zero attached hydrogens (tertiary/aromatic N) is 3. The Balaban J connectivity index is 1.32. The van der Waals surface area contributed by atoms with Gasteiger partial charge in [-0.2, -0.15) is 0 Å². The number of benzene rings is 1. The largest absolute Gasteiger partial charge is 0.350 e. The van der Waals surface area contributed by atoms with E-state index in [2.05, 4.69) is 15.1 Å². The Morgan fingerprint density at radius 2 is 1.59 bits per heavy atom. The van der Waals surface area contributed by atoms with Crippen LogP contribution in [0.5, 0.6) is 0 Å². The molecule has 0 bridgehead atoms. The molecular weight excluding hydrogens is 340 g/mol. The van der Waals surface area contributed by atoms with E-state index in [4.69, 9.17) is 0 Å². The van der Waals surface area contributed by atoms with Crippen molar-refractivity contribution in [2.24, 2.45) is 0 Å². The third-order valence-electron chi connectivity index (χ3n) is 5.61. The molecule has 1 aromatic carbocycles. The highest BCUT2D eigenvalue weighted by Gasteiger charge is 2.23. The Bertz CT molecular complexity index is 608. The first-order valence-corrected chi connectivity index (χ1v) is 10.2. The molecule has 2 fully saturated rings. The second-order valence-corrected chi connectivity index (χ2v) is 7.66. The zero-order valence-corrected chi connectivity index (χ0v) is 16.4. The number of piperazine rings is 1. The van der Waals surface area contributed by atoms with Crippen molar-refractivity contribution in [1.29, 1.82) is 0 Å². The molecule has 2 heterocycles. The van der Waals surface area contributed by atoms with Crippen LogP contribution in [-0.2, 0) is 9.59 Å². The maximum atomic E-state index is 12.2. The van der Waals surface area contributed by atoms with Crippen LogP contribution in [0.15, 0.2) is 30.3 Å². The molecule has 6 heteroatoms. The molecule has 2 amide bonds. The van der Waals surface area contributed by atoms with Crippen molar-refractivity contribution < 1.29 is 9.59 Å². The number of carbonyl (C=O) groups is 2. The summed E-state index contributed by atoms with van der Waals surface area (Å²) in [4.78, 5) is 31.0. The van der Waals surface area contributed by atoms with Gasteiger partial charge in [-0.05, 0) is 25.3 Å². The fourth-order valence-corrected chi connectivity index (χ4v) is 3.83. The van der Waals surface area contributed by atoms with Crippen molar-refractivity contribution in [3.63, 3.8) is 0 Å². The molecule has 2 aliphatic rings. The van der Waals surface area contributed by atoms with Gasteiger partial charge in [0.15, 0.2) is 0 Å². The van der Waals surface area contributed by atoms with Crippen molar-refractivity contribution in [1.82, 2.24) is 20.0 Å². The quantitative estimate of drug-likeness (QED) is 0.788. The maximum Gasteiger partial charge on any atom is 0.236 e. The van der Waals surface area contributed by atoms with Gasteiger partial charge in [-0.25, -0.2) is 0 Å². The van der Waals surface area contributed by atoms with Gasteiger partial charge in [0.05, 0.1) is 12.6 Å². The lowest BCUT2D eigenvalue weighted by molar-refractivity contribution is -0.131. The highest BCUT2D eigenvalue weighted by Crippen LogP contribution is 2.12. The molecule has 1 aromatic rings. The Hall–Kier alpha value is -1.92. The van der Waals surface area contributed by atoms with E-state index in [-0.39, 0.29) is 17.9 Å². The van der Waals surface area contributed by atoms with E-state index in [0.29, 0.717) is 13.0 Å². The van der Waals surface area contributed by atoms with Gasteiger partial charge in [0.1, 0.15) is 0 Å². The number of nitrogens with one attached hydrogen (secondary N) is 1. The van der Waals surface area contributed by atoms with E-state index in [9.17, 15) is 9.59 Å².